The van der Waals surface area contributed by atoms with Crippen molar-refractivity contribution >= 4 is 38.6 Å². The lowest BCUT2D eigenvalue weighted by Crippen LogP contribution is -2.29. The molecule has 0 aromatic heterocycles. The van der Waals surface area contributed by atoms with Crippen LogP contribution in [-0.2, 0) is 22.7 Å². The lowest BCUT2D eigenvalue weighted by Gasteiger charge is -2.36. The summed E-state index contributed by atoms with van der Waals surface area (Å²) in [7, 11) is 0. The number of hydrogen-bond acceptors (Lipinski definition) is 1. The highest BCUT2D eigenvalue weighted by Crippen LogP contribution is 2.61. The van der Waals surface area contributed by atoms with Crippen LogP contribution in [0.25, 0.3) is 77.2 Å². The summed E-state index contributed by atoms with van der Waals surface area (Å²) >= 11 is 0. The van der Waals surface area contributed by atoms with Gasteiger partial charge in [-0.05, 0) is 212 Å². The minimum atomic E-state index is -0.760. The third-order valence-corrected chi connectivity index (χ3v) is 18.6. The van der Waals surface area contributed by atoms with E-state index in [9.17, 15) is 0 Å². The maximum atomic E-state index is 2.60. The second-order valence-electron chi connectivity index (χ2n) is 26.2. The quantitative estimate of drug-likeness (QED) is 0.125. The number of aryl methyl sites for hydroxylation is 3. The molecule has 0 amide bonds. The van der Waals surface area contributed by atoms with Crippen LogP contribution in [0.1, 0.15) is 138 Å². The Morgan fingerprint density at radius 3 is 1.37 bits per heavy atom. The Morgan fingerprint density at radius 2 is 0.816 bits per heavy atom. The van der Waals surface area contributed by atoms with E-state index in [-0.39, 0.29) is 10.8 Å². The Morgan fingerprint density at radius 1 is 0.368 bits per heavy atom. The summed E-state index contributed by atoms with van der Waals surface area (Å²) in [5.74, 6) is 0.321. The highest BCUT2D eigenvalue weighted by Gasteiger charge is 2.48. The van der Waals surface area contributed by atoms with Crippen LogP contribution in [0.15, 0.2) is 249 Å². The topological polar surface area (TPSA) is 3.24 Å². The van der Waals surface area contributed by atoms with Crippen molar-refractivity contribution in [3.05, 3.63) is 304 Å². The van der Waals surface area contributed by atoms with Gasteiger partial charge in [0.2, 0.25) is 0 Å². The molecule has 0 unspecified atom stereocenters. The number of nitrogens with zero attached hydrogens (tertiary/aromatic N) is 1. The number of fused-ring (bicyclic) bond motifs is 6. The third kappa shape index (κ3) is 10.3. The van der Waals surface area contributed by atoms with Crippen LogP contribution in [0.2, 0.25) is 0 Å². The van der Waals surface area contributed by atoms with Gasteiger partial charge in [0.05, 0.1) is 5.41 Å². The van der Waals surface area contributed by atoms with E-state index in [1.165, 1.54) is 133 Å². The molecule has 0 heterocycles. The SMILES string of the molecule is CC.CCc1ccc(N(c2ccc(C(C)C)c(-c3ccccc3C)c2)c2ccc3c(c2)C(c2ccc(C(C)(C)C)cc2)(c2ccc(C(C)(C)C)cc2)c2cc(-c4ccc(-c5ccccc5)c5ccccc45)c4ccccc4c2-3)cc1-c1ccccc1C. The van der Waals surface area contributed by atoms with E-state index in [1.54, 1.807) is 0 Å². The highest BCUT2D eigenvalue weighted by molar-refractivity contribution is 6.15. The van der Waals surface area contributed by atoms with Crippen molar-refractivity contribution in [3.63, 3.8) is 0 Å². The van der Waals surface area contributed by atoms with Crippen LogP contribution in [-0.4, -0.2) is 0 Å². The van der Waals surface area contributed by atoms with Crippen LogP contribution in [0.5, 0.6) is 0 Å². The fourth-order valence-electron chi connectivity index (χ4n) is 14.0. The molecule has 12 aromatic carbocycles. The molecule has 1 aliphatic rings. The fraction of sp³-hybridized carbons (Fsp3) is 0.209. The Hall–Kier alpha value is -9.04. The molecule has 0 aliphatic heterocycles. The van der Waals surface area contributed by atoms with Gasteiger partial charge in [-0.3, -0.25) is 0 Å². The Bertz CT molecular complexity index is 4440. The van der Waals surface area contributed by atoms with Gasteiger partial charge in [0.25, 0.3) is 0 Å². The van der Waals surface area contributed by atoms with Crippen LogP contribution in [0.4, 0.5) is 17.1 Å². The van der Waals surface area contributed by atoms with E-state index >= 15 is 0 Å². The van der Waals surface area contributed by atoms with Crippen molar-refractivity contribution in [3.8, 4) is 55.6 Å². The van der Waals surface area contributed by atoms with E-state index in [1.807, 2.05) is 13.8 Å². The van der Waals surface area contributed by atoms with Gasteiger partial charge in [-0.25, -0.2) is 0 Å². The van der Waals surface area contributed by atoms with Crippen molar-refractivity contribution in [2.75, 3.05) is 4.90 Å². The predicted molar refractivity (Wildman–Crippen MR) is 377 cm³/mol. The molecule has 0 N–H and O–H groups in total. The molecule has 0 spiro atoms. The summed E-state index contributed by atoms with van der Waals surface area (Å²) in [6.07, 6.45) is 0.926. The molecule has 1 nitrogen and oxygen atoms in total. The maximum absolute atomic E-state index is 2.60. The number of rotatable bonds is 11. The van der Waals surface area contributed by atoms with Crippen LogP contribution in [0, 0.1) is 13.8 Å². The largest absolute Gasteiger partial charge is 0.310 e. The van der Waals surface area contributed by atoms with Gasteiger partial charge in [0.1, 0.15) is 0 Å². The second-order valence-corrected chi connectivity index (χ2v) is 26.2. The summed E-state index contributed by atoms with van der Waals surface area (Å²) in [5.41, 5.74) is 27.9. The first-order chi connectivity index (χ1) is 42.0. The molecule has 0 fully saturated rings. The summed E-state index contributed by atoms with van der Waals surface area (Å²) in [4.78, 5) is 2.55. The highest BCUT2D eigenvalue weighted by atomic mass is 15.1. The molecular formula is C86H83N. The van der Waals surface area contributed by atoms with Crippen molar-refractivity contribution < 1.29 is 0 Å². The summed E-state index contributed by atoms with van der Waals surface area (Å²) in [6.45, 7) is 29.4. The summed E-state index contributed by atoms with van der Waals surface area (Å²) in [6, 6.07) is 95.5. The van der Waals surface area contributed by atoms with Crippen molar-refractivity contribution in [1.29, 1.82) is 0 Å². The Balaban J connectivity index is 0.00000366. The standard InChI is InChI=1S/C84H77N.C2H6/c1-12-57-34-43-63(50-76(57)67-28-18-16-24-55(67)4)85(64-44-46-66(54(2)3)77(51-64)68-29-19-17-25-56(68)5)65-45-47-75-79(52-65)84(61-39-35-59(36-40-61)82(6,7)8,62-41-37-60(38-42-62)83(9,10)11)80-53-78(72-32-22-23-33-74(72)81(75)80)73-49-48-69(58-26-14-13-15-27-58)70-30-20-21-31-71(70)73;1-2/h13-54H,12H2,1-11H3;1-2H3. The van der Waals surface area contributed by atoms with Gasteiger partial charge in [0.15, 0.2) is 0 Å². The van der Waals surface area contributed by atoms with E-state index < -0.39 is 5.41 Å². The molecule has 0 bridgehead atoms. The zero-order valence-electron chi connectivity index (χ0n) is 53.4. The van der Waals surface area contributed by atoms with E-state index in [4.69, 9.17) is 0 Å². The minimum Gasteiger partial charge on any atom is -0.310 e. The molecule has 432 valence electrons. The first-order valence-corrected chi connectivity index (χ1v) is 31.7. The first kappa shape index (κ1) is 58.3. The third-order valence-electron chi connectivity index (χ3n) is 18.6. The molecule has 0 saturated carbocycles. The number of benzene rings is 12. The number of hydrogen-bond donors (Lipinski definition) is 0. The maximum Gasteiger partial charge on any atom is 0.0714 e. The zero-order valence-corrected chi connectivity index (χ0v) is 53.4. The molecule has 1 heteroatoms. The van der Waals surface area contributed by atoms with E-state index in [2.05, 4.69) is 330 Å². The lowest BCUT2D eigenvalue weighted by atomic mass is 9.66. The molecule has 12 aromatic rings. The van der Waals surface area contributed by atoms with Gasteiger partial charge < -0.3 is 4.90 Å². The number of anilines is 3. The monoisotopic (exact) mass is 1130 g/mol. The summed E-state index contributed by atoms with van der Waals surface area (Å²) < 4.78 is 0. The average molecular weight is 1130 g/mol. The lowest BCUT2D eigenvalue weighted by molar-refractivity contribution is 0.588. The van der Waals surface area contributed by atoms with Crippen LogP contribution >= 0.6 is 0 Å². The average Bonchev–Trinajstić information content (AvgIpc) is 1.57. The predicted octanol–water partition coefficient (Wildman–Crippen LogP) is 24.4. The normalized spacial score (nSPS) is 12.7. The van der Waals surface area contributed by atoms with Gasteiger partial charge >= 0.3 is 0 Å². The van der Waals surface area contributed by atoms with Gasteiger partial charge in [0, 0.05) is 17.1 Å². The van der Waals surface area contributed by atoms with Crippen molar-refractivity contribution in [2.24, 2.45) is 0 Å². The molecular weight excluding hydrogens is 1050 g/mol. The van der Waals surface area contributed by atoms with E-state index in [0.29, 0.717) is 5.92 Å². The van der Waals surface area contributed by atoms with Crippen LogP contribution in [0.3, 0.4) is 0 Å². The molecule has 0 radical (unpaired) electrons. The second kappa shape index (κ2) is 23.3. The molecule has 87 heavy (non-hydrogen) atoms. The first-order valence-electron chi connectivity index (χ1n) is 31.7. The zero-order chi connectivity index (χ0) is 60.9. The molecule has 0 atom stereocenters. The van der Waals surface area contributed by atoms with Crippen LogP contribution < -0.4 is 4.90 Å². The van der Waals surface area contributed by atoms with Crippen molar-refractivity contribution in [2.45, 2.75) is 119 Å². The smallest absolute Gasteiger partial charge is 0.0714 e. The Labute approximate surface area is 519 Å². The van der Waals surface area contributed by atoms with Crippen molar-refractivity contribution in [1.82, 2.24) is 0 Å². The Kier molecular flexibility index (Phi) is 15.6. The van der Waals surface area contributed by atoms with Gasteiger partial charge in [-0.1, -0.05) is 282 Å². The minimum absolute atomic E-state index is 0.0394. The molecule has 1 aliphatic carbocycles. The van der Waals surface area contributed by atoms with Gasteiger partial charge in [-0.15, -0.1) is 0 Å². The van der Waals surface area contributed by atoms with Gasteiger partial charge in [-0.2, -0.15) is 0 Å². The molecule has 13 rings (SSSR count). The fourth-order valence-corrected chi connectivity index (χ4v) is 14.0. The van der Waals surface area contributed by atoms with E-state index in [0.717, 1.165) is 23.5 Å². The summed E-state index contributed by atoms with van der Waals surface area (Å²) in [5, 5.41) is 4.98. The molecule has 0 saturated heterocycles.